The van der Waals surface area contributed by atoms with Crippen LogP contribution in [0.5, 0.6) is 0 Å². The number of rotatable bonds is 4. The van der Waals surface area contributed by atoms with Crippen molar-refractivity contribution >= 4 is 34.6 Å². The number of thiophene rings is 1. The minimum atomic E-state index is 0.506. The molecule has 2 aromatic rings. The zero-order chi connectivity index (χ0) is 13.4. The van der Waals surface area contributed by atoms with E-state index in [9.17, 15) is 0 Å². The second-order valence-corrected chi connectivity index (χ2v) is 6.64. The van der Waals surface area contributed by atoms with E-state index in [1.54, 1.807) is 11.3 Å². The van der Waals surface area contributed by atoms with Gasteiger partial charge >= 0.3 is 0 Å². The van der Waals surface area contributed by atoms with Crippen LogP contribution in [0.2, 0.25) is 4.34 Å². The number of nitrogens with two attached hydrogens (primary N) is 1. The SMILES string of the molecule is CN(Cc1ccc(Cl)s1)c1cc(N)nc(C2CC2)n1. The monoisotopic (exact) mass is 294 g/mol. The van der Waals surface area contributed by atoms with Gasteiger partial charge in [-0.15, -0.1) is 11.3 Å². The molecule has 0 atom stereocenters. The molecular formula is C13H15ClN4S. The highest BCUT2D eigenvalue weighted by molar-refractivity contribution is 7.16. The molecule has 2 N–H and O–H groups in total. The number of nitrogen functional groups attached to an aromatic ring is 1. The summed E-state index contributed by atoms with van der Waals surface area (Å²) in [6.07, 6.45) is 2.35. The average molecular weight is 295 g/mol. The van der Waals surface area contributed by atoms with Crippen molar-refractivity contribution in [2.75, 3.05) is 17.7 Å². The summed E-state index contributed by atoms with van der Waals surface area (Å²) in [6.45, 7) is 0.776. The molecular weight excluding hydrogens is 280 g/mol. The Morgan fingerprint density at radius 1 is 1.42 bits per heavy atom. The molecule has 0 saturated heterocycles. The van der Waals surface area contributed by atoms with E-state index in [4.69, 9.17) is 17.3 Å². The maximum absolute atomic E-state index is 5.94. The standard InChI is InChI=1S/C13H15ClN4S/c1-18(7-9-4-5-10(14)19-9)12-6-11(15)16-13(17-12)8-2-3-8/h4-6,8H,2-3,7H2,1H3,(H2,15,16,17). The molecule has 0 aromatic carbocycles. The lowest BCUT2D eigenvalue weighted by Crippen LogP contribution is -2.18. The van der Waals surface area contributed by atoms with Crippen molar-refractivity contribution in [3.05, 3.63) is 33.2 Å². The lowest BCUT2D eigenvalue weighted by atomic mass is 10.3. The summed E-state index contributed by atoms with van der Waals surface area (Å²) in [5.74, 6) is 2.81. The van der Waals surface area contributed by atoms with Crippen molar-refractivity contribution in [1.82, 2.24) is 9.97 Å². The largest absolute Gasteiger partial charge is 0.384 e. The summed E-state index contributed by atoms with van der Waals surface area (Å²) < 4.78 is 0.810. The Hall–Kier alpha value is -1.33. The average Bonchev–Trinajstić information content (AvgIpc) is 3.13. The van der Waals surface area contributed by atoms with E-state index >= 15 is 0 Å². The van der Waals surface area contributed by atoms with Crippen LogP contribution in [0.25, 0.3) is 0 Å². The van der Waals surface area contributed by atoms with Crippen LogP contribution in [0.15, 0.2) is 18.2 Å². The number of aromatic nitrogens is 2. The van der Waals surface area contributed by atoms with E-state index in [1.807, 2.05) is 25.2 Å². The highest BCUT2D eigenvalue weighted by Gasteiger charge is 2.27. The van der Waals surface area contributed by atoms with Crippen LogP contribution in [0.1, 0.15) is 29.5 Å². The first-order valence-corrected chi connectivity index (χ1v) is 7.41. The Kier molecular flexibility index (Phi) is 3.33. The fourth-order valence-electron chi connectivity index (χ4n) is 1.94. The van der Waals surface area contributed by atoms with E-state index in [2.05, 4.69) is 14.9 Å². The zero-order valence-corrected chi connectivity index (χ0v) is 12.2. The van der Waals surface area contributed by atoms with Crippen molar-refractivity contribution in [2.45, 2.75) is 25.3 Å². The Morgan fingerprint density at radius 3 is 2.84 bits per heavy atom. The first-order valence-electron chi connectivity index (χ1n) is 6.21. The quantitative estimate of drug-likeness (QED) is 0.940. The summed E-state index contributed by atoms with van der Waals surface area (Å²) in [6, 6.07) is 5.77. The van der Waals surface area contributed by atoms with E-state index in [-0.39, 0.29) is 0 Å². The topological polar surface area (TPSA) is 55.0 Å². The van der Waals surface area contributed by atoms with Crippen LogP contribution in [-0.4, -0.2) is 17.0 Å². The lowest BCUT2D eigenvalue weighted by molar-refractivity contribution is 0.864. The van der Waals surface area contributed by atoms with Crippen LogP contribution in [0.4, 0.5) is 11.6 Å². The zero-order valence-electron chi connectivity index (χ0n) is 10.6. The van der Waals surface area contributed by atoms with E-state index < -0.39 is 0 Å². The number of nitrogens with zero attached hydrogens (tertiary/aromatic N) is 3. The molecule has 19 heavy (non-hydrogen) atoms. The minimum absolute atomic E-state index is 0.506. The highest BCUT2D eigenvalue weighted by Crippen LogP contribution is 2.39. The predicted molar refractivity (Wildman–Crippen MR) is 79.9 cm³/mol. The molecule has 1 fully saturated rings. The van der Waals surface area contributed by atoms with Gasteiger partial charge in [0.25, 0.3) is 0 Å². The third-order valence-electron chi connectivity index (χ3n) is 3.11. The highest BCUT2D eigenvalue weighted by atomic mass is 35.5. The van der Waals surface area contributed by atoms with Crippen molar-refractivity contribution in [2.24, 2.45) is 0 Å². The van der Waals surface area contributed by atoms with Gasteiger partial charge in [0.05, 0.1) is 10.9 Å². The molecule has 3 rings (SSSR count). The molecule has 0 spiro atoms. The first-order chi connectivity index (χ1) is 9.11. The molecule has 0 bridgehead atoms. The molecule has 0 aliphatic heterocycles. The van der Waals surface area contributed by atoms with Gasteiger partial charge in [-0.2, -0.15) is 0 Å². The molecule has 2 aromatic heterocycles. The van der Waals surface area contributed by atoms with Gasteiger partial charge < -0.3 is 10.6 Å². The summed E-state index contributed by atoms with van der Waals surface area (Å²) >= 11 is 7.53. The molecule has 100 valence electrons. The van der Waals surface area contributed by atoms with Crippen LogP contribution >= 0.6 is 22.9 Å². The molecule has 2 heterocycles. The van der Waals surface area contributed by atoms with Crippen LogP contribution < -0.4 is 10.6 Å². The fourth-order valence-corrected chi connectivity index (χ4v) is 3.08. The third kappa shape index (κ3) is 2.98. The fraction of sp³-hybridized carbons (Fsp3) is 0.385. The molecule has 1 saturated carbocycles. The molecule has 0 amide bonds. The summed E-state index contributed by atoms with van der Waals surface area (Å²) in [5.41, 5.74) is 5.86. The number of hydrogen-bond acceptors (Lipinski definition) is 5. The molecule has 0 unspecified atom stereocenters. The van der Waals surface area contributed by atoms with Crippen molar-refractivity contribution in [1.29, 1.82) is 0 Å². The van der Waals surface area contributed by atoms with Gasteiger partial charge in [0.2, 0.25) is 0 Å². The summed E-state index contributed by atoms with van der Waals surface area (Å²) in [4.78, 5) is 12.2. The Morgan fingerprint density at radius 2 is 2.21 bits per heavy atom. The van der Waals surface area contributed by atoms with Gasteiger partial charge in [-0.05, 0) is 25.0 Å². The second-order valence-electron chi connectivity index (χ2n) is 4.85. The maximum Gasteiger partial charge on any atom is 0.136 e. The van der Waals surface area contributed by atoms with Crippen LogP contribution in [0, 0.1) is 0 Å². The van der Waals surface area contributed by atoms with Gasteiger partial charge in [-0.3, -0.25) is 0 Å². The minimum Gasteiger partial charge on any atom is -0.384 e. The summed E-state index contributed by atoms with van der Waals surface area (Å²) in [5, 5.41) is 0. The predicted octanol–water partition coefficient (Wildman–Crippen LogP) is 3.29. The smallest absolute Gasteiger partial charge is 0.136 e. The molecule has 6 heteroatoms. The summed E-state index contributed by atoms with van der Waals surface area (Å²) in [7, 11) is 2.01. The van der Waals surface area contributed by atoms with Gasteiger partial charge in [-0.1, -0.05) is 11.6 Å². The number of halogens is 1. The van der Waals surface area contributed by atoms with Crippen LogP contribution in [0.3, 0.4) is 0 Å². The van der Waals surface area contributed by atoms with Gasteiger partial charge in [0, 0.05) is 23.9 Å². The van der Waals surface area contributed by atoms with E-state index in [1.165, 1.54) is 17.7 Å². The maximum atomic E-state index is 5.94. The van der Waals surface area contributed by atoms with Crippen molar-refractivity contribution < 1.29 is 0 Å². The molecule has 1 aliphatic rings. The first kappa shape index (κ1) is 12.7. The second kappa shape index (κ2) is 4.98. The Bertz CT molecular complexity index is 594. The van der Waals surface area contributed by atoms with Crippen molar-refractivity contribution in [3.8, 4) is 0 Å². The lowest BCUT2D eigenvalue weighted by Gasteiger charge is -2.18. The Labute approximate surface area is 121 Å². The van der Waals surface area contributed by atoms with Gasteiger partial charge in [-0.25, -0.2) is 9.97 Å². The molecule has 1 aliphatic carbocycles. The number of hydrogen-bond donors (Lipinski definition) is 1. The van der Waals surface area contributed by atoms with E-state index in [0.29, 0.717) is 11.7 Å². The van der Waals surface area contributed by atoms with Gasteiger partial charge in [0.15, 0.2) is 0 Å². The third-order valence-corrected chi connectivity index (χ3v) is 4.32. The van der Waals surface area contributed by atoms with E-state index in [0.717, 1.165) is 22.5 Å². The molecule has 0 radical (unpaired) electrons. The molecule has 4 nitrogen and oxygen atoms in total. The Balaban J connectivity index is 1.80. The normalized spacial score (nSPS) is 14.6. The van der Waals surface area contributed by atoms with Gasteiger partial charge in [0.1, 0.15) is 17.5 Å². The van der Waals surface area contributed by atoms with Crippen molar-refractivity contribution in [3.63, 3.8) is 0 Å². The van der Waals surface area contributed by atoms with Crippen LogP contribution in [-0.2, 0) is 6.54 Å². The number of anilines is 2.